The highest BCUT2D eigenvalue weighted by Gasteiger charge is 2.12. The summed E-state index contributed by atoms with van der Waals surface area (Å²) in [7, 11) is 7.27. The van der Waals surface area contributed by atoms with Gasteiger partial charge in [0.05, 0.1) is 14.2 Å². The Bertz CT molecular complexity index is 1240. The van der Waals surface area contributed by atoms with Gasteiger partial charge in [0.1, 0.15) is 0 Å². The van der Waals surface area contributed by atoms with Gasteiger partial charge in [0.25, 0.3) is 0 Å². The van der Waals surface area contributed by atoms with E-state index in [4.69, 9.17) is 9.47 Å². The van der Waals surface area contributed by atoms with Crippen LogP contribution in [0.4, 0.5) is 5.69 Å². The van der Waals surface area contributed by atoms with E-state index in [0.29, 0.717) is 0 Å². The third-order valence-corrected chi connectivity index (χ3v) is 8.86. The number of likely N-dealkylation sites (tertiary alicyclic amines) is 2. The second-order valence-corrected chi connectivity index (χ2v) is 12.5. The van der Waals surface area contributed by atoms with Crippen molar-refractivity contribution in [2.24, 2.45) is 4.99 Å². The Balaban J connectivity index is 0.000000225. The van der Waals surface area contributed by atoms with Crippen molar-refractivity contribution < 1.29 is 9.47 Å². The van der Waals surface area contributed by atoms with E-state index in [2.05, 4.69) is 89.1 Å². The Kier molecular flexibility index (Phi) is 21.0. The molecule has 3 aliphatic heterocycles. The summed E-state index contributed by atoms with van der Waals surface area (Å²) in [5.74, 6) is 1.59. The second-order valence-electron chi connectivity index (χ2n) is 12.5. The summed E-state index contributed by atoms with van der Waals surface area (Å²) >= 11 is 0. The number of hydrogen-bond donors (Lipinski definition) is 0. The van der Waals surface area contributed by atoms with Crippen LogP contribution in [0.2, 0.25) is 0 Å². The monoisotopic (exact) mass is 659 g/mol. The molecule has 3 saturated heterocycles. The van der Waals surface area contributed by atoms with Gasteiger partial charge in [-0.3, -0.25) is 4.99 Å². The summed E-state index contributed by atoms with van der Waals surface area (Å²) in [4.78, 5) is 11.4. The fraction of sp³-hybridized carbons (Fsp3) is 0.548. The zero-order valence-electron chi connectivity index (χ0n) is 31.6. The van der Waals surface area contributed by atoms with Crippen LogP contribution in [0.5, 0.6) is 11.5 Å². The van der Waals surface area contributed by atoms with Crippen molar-refractivity contribution in [1.29, 1.82) is 0 Å². The first-order chi connectivity index (χ1) is 23.4. The van der Waals surface area contributed by atoms with E-state index < -0.39 is 0 Å². The van der Waals surface area contributed by atoms with Crippen molar-refractivity contribution >= 4 is 11.9 Å². The van der Waals surface area contributed by atoms with Gasteiger partial charge in [-0.2, -0.15) is 0 Å². The molecule has 3 fully saturated rings. The fourth-order valence-corrected chi connectivity index (χ4v) is 5.92. The summed E-state index contributed by atoms with van der Waals surface area (Å²) in [5, 5.41) is 0. The molecule has 0 aliphatic carbocycles. The zero-order valence-corrected chi connectivity index (χ0v) is 31.6. The molecule has 0 atom stereocenters. The molecule has 0 unspecified atom stereocenters. The lowest BCUT2D eigenvalue weighted by Gasteiger charge is -2.17. The number of anilines is 1. The fourth-order valence-electron chi connectivity index (χ4n) is 5.92. The maximum Gasteiger partial charge on any atom is 0.160 e. The number of methoxy groups -OCH3 is 2. The average molecular weight is 659 g/mol. The SMILES string of the molecule is CC.CCc1ccc(OC)c(OC)c1.CN1CCCC1.CN=Cc1ccc(N2CCCC2)cc1.Cc1ccc(CCN2CCCC2)cc1. The molecule has 0 saturated carbocycles. The molecule has 0 spiro atoms. The molecule has 3 heterocycles. The maximum atomic E-state index is 5.15. The minimum Gasteiger partial charge on any atom is -0.493 e. The van der Waals surface area contributed by atoms with Gasteiger partial charge in [0.15, 0.2) is 11.5 Å². The van der Waals surface area contributed by atoms with E-state index in [1.807, 2.05) is 38.3 Å². The molecule has 6 nitrogen and oxygen atoms in total. The molecule has 266 valence electrons. The van der Waals surface area contributed by atoms with Crippen LogP contribution in [0, 0.1) is 6.92 Å². The Morgan fingerprint density at radius 3 is 1.73 bits per heavy atom. The molecular formula is C42H66N4O2. The number of ether oxygens (including phenoxy) is 2. The second kappa shape index (κ2) is 24.7. The van der Waals surface area contributed by atoms with E-state index in [-0.39, 0.29) is 0 Å². The average Bonchev–Trinajstić information content (AvgIpc) is 3.95. The molecule has 6 heteroatoms. The van der Waals surface area contributed by atoms with Crippen molar-refractivity contribution in [2.75, 3.05) is 79.0 Å². The largest absolute Gasteiger partial charge is 0.493 e. The summed E-state index contributed by atoms with van der Waals surface area (Å²) in [5.41, 5.74) is 6.61. The van der Waals surface area contributed by atoms with Crippen molar-refractivity contribution in [3.8, 4) is 11.5 Å². The minimum atomic E-state index is 0.787. The first-order valence-corrected chi connectivity index (χ1v) is 18.4. The van der Waals surface area contributed by atoms with Gasteiger partial charge < -0.3 is 24.2 Å². The number of benzene rings is 3. The molecule has 3 aliphatic rings. The molecular weight excluding hydrogens is 592 g/mol. The van der Waals surface area contributed by atoms with Crippen molar-refractivity contribution in [1.82, 2.24) is 9.80 Å². The highest BCUT2D eigenvalue weighted by Crippen LogP contribution is 2.27. The number of aryl methyl sites for hydroxylation is 2. The summed E-state index contributed by atoms with van der Waals surface area (Å²) in [6.45, 7) is 17.2. The number of rotatable bonds is 8. The molecule has 3 aromatic carbocycles. The quantitative estimate of drug-likeness (QED) is 0.226. The summed E-state index contributed by atoms with van der Waals surface area (Å²) in [6.07, 6.45) is 12.4. The van der Waals surface area contributed by atoms with E-state index in [1.165, 1.54) is 119 Å². The van der Waals surface area contributed by atoms with E-state index in [1.54, 1.807) is 21.3 Å². The lowest BCUT2D eigenvalue weighted by Crippen LogP contribution is -2.21. The normalized spacial score (nSPS) is 15.7. The highest BCUT2D eigenvalue weighted by atomic mass is 16.5. The van der Waals surface area contributed by atoms with Crippen LogP contribution in [0.15, 0.2) is 71.7 Å². The van der Waals surface area contributed by atoms with E-state index >= 15 is 0 Å². The lowest BCUT2D eigenvalue weighted by molar-refractivity contribution is 0.343. The standard InChI is InChI=1S/C13H19N.C12H16N2.C10H14O2.C5H11N.C2H6/c1-12-4-6-13(7-5-12)8-11-14-9-2-3-10-14;1-13-10-11-4-6-12(7-5-11)14-8-2-3-9-14;1-4-8-5-6-9(11-2)10(7-8)12-3;1-6-4-2-3-5-6;1-2/h4-7H,2-3,8-11H2,1H3;4-7,10H,2-3,8-9H2,1H3;5-7H,4H2,1-3H3;2-5H2,1H3;1-2H3. The van der Waals surface area contributed by atoms with Gasteiger partial charge in [-0.05, 0) is 132 Å². The van der Waals surface area contributed by atoms with Gasteiger partial charge in [-0.15, -0.1) is 0 Å². The number of nitrogens with zero attached hydrogens (tertiary/aromatic N) is 4. The Morgan fingerprint density at radius 1 is 0.688 bits per heavy atom. The third-order valence-electron chi connectivity index (χ3n) is 8.86. The molecule has 0 aromatic heterocycles. The summed E-state index contributed by atoms with van der Waals surface area (Å²) < 4.78 is 10.3. The van der Waals surface area contributed by atoms with Crippen molar-refractivity contribution in [2.45, 2.75) is 79.1 Å². The minimum absolute atomic E-state index is 0.787. The van der Waals surface area contributed by atoms with Crippen LogP contribution in [0.1, 0.15) is 81.5 Å². The highest BCUT2D eigenvalue weighted by molar-refractivity contribution is 5.80. The van der Waals surface area contributed by atoms with Gasteiger partial charge in [0, 0.05) is 38.6 Å². The van der Waals surface area contributed by atoms with Crippen molar-refractivity contribution in [3.63, 3.8) is 0 Å². The molecule has 0 bridgehead atoms. The van der Waals surface area contributed by atoms with Crippen molar-refractivity contribution in [3.05, 3.63) is 89.0 Å². The molecule has 0 radical (unpaired) electrons. The van der Waals surface area contributed by atoms with E-state index in [0.717, 1.165) is 17.9 Å². The van der Waals surface area contributed by atoms with Crippen LogP contribution >= 0.6 is 0 Å². The zero-order chi connectivity index (χ0) is 35.0. The summed E-state index contributed by atoms with van der Waals surface area (Å²) in [6, 6.07) is 23.5. The molecule has 0 N–H and O–H groups in total. The Hall–Kier alpha value is -3.35. The first kappa shape index (κ1) is 40.8. The maximum absolute atomic E-state index is 5.15. The van der Waals surface area contributed by atoms with Crippen LogP contribution < -0.4 is 14.4 Å². The van der Waals surface area contributed by atoms with Crippen LogP contribution in [0.25, 0.3) is 0 Å². The third kappa shape index (κ3) is 15.7. The van der Waals surface area contributed by atoms with Gasteiger partial charge in [-0.1, -0.05) is 68.8 Å². The first-order valence-electron chi connectivity index (χ1n) is 18.4. The molecule has 3 aromatic rings. The predicted octanol–water partition coefficient (Wildman–Crippen LogP) is 8.97. The smallest absolute Gasteiger partial charge is 0.160 e. The van der Waals surface area contributed by atoms with Crippen LogP contribution in [-0.4, -0.2) is 90.1 Å². The van der Waals surface area contributed by atoms with Gasteiger partial charge in [-0.25, -0.2) is 0 Å². The van der Waals surface area contributed by atoms with Crippen LogP contribution in [-0.2, 0) is 12.8 Å². The number of hydrogen-bond acceptors (Lipinski definition) is 6. The lowest BCUT2D eigenvalue weighted by atomic mass is 10.1. The topological polar surface area (TPSA) is 40.5 Å². The Morgan fingerprint density at radius 2 is 1.23 bits per heavy atom. The van der Waals surface area contributed by atoms with Gasteiger partial charge >= 0.3 is 0 Å². The van der Waals surface area contributed by atoms with E-state index in [9.17, 15) is 0 Å². The molecule has 6 rings (SSSR count). The van der Waals surface area contributed by atoms with Gasteiger partial charge in [0.2, 0.25) is 0 Å². The molecule has 0 amide bonds. The number of aliphatic imine (C=N–C) groups is 1. The van der Waals surface area contributed by atoms with Crippen LogP contribution in [0.3, 0.4) is 0 Å². The molecule has 48 heavy (non-hydrogen) atoms. The predicted molar refractivity (Wildman–Crippen MR) is 209 cm³/mol. The Labute approximate surface area is 294 Å².